The summed E-state index contributed by atoms with van der Waals surface area (Å²) in [5.74, 6) is -0.539. The first-order valence-corrected chi connectivity index (χ1v) is 3.62. The summed E-state index contributed by atoms with van der Waals surface area (Å²) in [6.45, 7) is 0. The van der Waals surface area contributed by atoms with Gasteiger partial charge in [0, 0.05) is 17.5 Å². The summed E-state index contributed by atoms with van der Waals surface area (Å²) in [6.07, 6.45) is 0. The van der Waals surface area contributed by atoms with E-state index in [0.717, 1.165) is 0 Å². The van der Waals surface area contributed by atoms with Gasteiger partial charge in [0.2, 0.25) is 0 Å². The van der Waals surface area contributed by atoms with E-state index < -0.39 is 5.63 Å². The Kier molecular flexibility index (Phi) is 2.77. The molecule has 0 fully saturated rings. The number of rotatable bonds is 0. The standard InChI is InChI=1S/C9H6O4.H3P/c10-6-3-5-1-2-9(12)13-8(5)4-7(6)11;/h1-4,10-11H;1H3. The van der Waals surface area contributed by atoms with Crippen molar-refractivity contribution in [2.45, 2.75) is 0 Å². The Labute approximate surface area is 82.4 Å². The molecule has 0 radical (unpaired) electrons. The molecule has 2 N–H and O–H groups in total. The number of hydrogen-bond donors (Lipinski definition) is 2. The summed E-state index contributed by atoms with van der Waals surface area (Å²) in [4.78, 5) is 10.8. The molecular formula is C9H9O4P. The van der Waals surface area contributed by atoms with E-state index >= 15 is 0 Å². The minimum absolute atomic E-state index is 0. The minimum Gasteiger partial charge on any atom is -0.504 e. The predicted molar refractivity (Wildman–Crippen MR) is 56.9 cm³/mol. The third kappa shape index (κ3) is 1.70. The average molecular weight is 212 g/mol. The van der Waals surface area contributed by atoms with E-state index in [0.29, 0.717) is 5.39 Å². The van der Waals surface area contributed by atoms with Gasteiger partial charge in [-0.05, 0) is 12.1 Å². The number of fused-ring (bicyclic) bond motifs is 1. The zero-order chi connectivity index (χ0) is 9.42. The number of phenolic OH excluding ortho intramolecular Hbond substituents is 2. The molecule has 1 atom stereocenters. The molecule has 0 bridgehead atoms. The predicted octanol–water partition coefficient (Wildman–Crippen LogP) is 1.26. The van der Waals surface area contributed by atoms with E-state index in [4.69, 9.17) is 14.6 Å². The van der Waals surface area contributed by atoms with Crippen molar-refractivity contribution in [3.8, 4) is 11.5 Å². The van der Waals surface area contributed by atoms with Crippen LogP contribution in [-0.2, 0) is 0 Å². The minimum atomic E-state index is -0.488. The van der Waals surface area contributed by atoms with Crippen molar-refractivity contribution in [2.24, 2.45) is 0 Å². The Morgan fingerprint density at radius 2 is 1.71 bits per heavy atom. The molecule has 0 aliphatic rings. The third-order valence-corrected chi connectivity index (χ3v) is 1.72. The highest BCUT2D eigenvalue weighted by Gasteiger charge is 2.03. The Hall–Kier alpha value is -1.54. The highest BCUT2D eigenvalue weighted by molar-refractivity contribution is 6.92. The van der Waals surface area contributed by atoms with Crippen LogP contribution in [0, 0.1) is 0 Å². The summed E-state index contributed by atoms with van der Waals surface area (Å²) in [7, 11) is 0. The van der Waals surface area contributed by atoms with E-state index in [2.05, 4.69) is 0 Å². The molecule has 1 heterocycles. The van der Waals surface area contributed by atoms with Crippen molar-refractivity contribution in [1.29, 1.82) is 0 Å². The zero-order valence-corrected chi connectivity index (χ0v) is 8.64. The summed E-state index contributed by atoms with van der Waals surface area (Å²) < 4.78 is 4.77. The smallest absolute Gasteiger partial charge is 0.336 e. The number of aromatic hydroxyl groups is 2. The molecule has 2 rings (SSSR count). The van der Waals surface area contributed by atoms with Gasteiger partial charge in [-0.3, -0.25) is 0 Å². The fourth-order valence-electron chi connectivity index (χ4n) is 1.09. The van der Waals surface area contributed by atoms with E-state index in [1.807, 2.05) is 0 Å². The van der Waals surface area contributed by atoms with Crippen LogP contribution in [0.3, 0.4) is 0 Å². The van der Waals surface area contributed by atoms with Gasteiger partial charge in [-0.2, -0.15) is 9.90 Å². The summed E-state index contributed by atoms with van der Waals surface area (Å²) >= 11 is 0. The lowest BCUT2D eigenvalue weighted by Crippen LogP contribution is -1.93. The van der Waals surface area contributed by atoms with Crippen LogP contribution in [0.4, 0.5) is 0 Å². The van der Waals surface area contributed by atoms with Gasteiger partial charge >= 0.3 is 5.63 Å². The number of hydrogen-bond acceptors (Lipinski definition) is 4. The van der Waals surface area contributed by atoms with E-state index in [9.17, 15) is 4.79 Å². The van der Waals surface area contributed by atoms with Crippen LogP contribution in [0.15, 0.2) is 33.5 Å². The van der Waals surface area contributed by atoms with Crippen LogP contribution < -0.4 is 5.63 Å². The van der Waals surface area contributed by atoms with Crippen molar-refractivity contribution < 1.29 is 14.6 Å². The van der Waals surface area contributed by atoms with Gasteiger partial charge in [0.15, 0.2) is 11.5 Å². The second kappa shape index (κ2) is 3.68. The van der Waals surface area contributed by atoms with Gasteiger partial charge in [0.05, 0.1) is 0 Å². The van der Waals surface area contributed by atoms with Crippen LogP contribution >= 0.6 is 9.90 Å². The Balaban J connectivity index is 0.000000980. The molecule has 0 amide bonds. The molecule has 0 aliphatic carbocycles. The fourth-order valence-corrected chi connectivity index (χ4v) is 1.09. The highest BCUT2D eigenvalue weighted by atomic mass is 31.0. The lowest BCUT2D eigenvalue weighted by atomic mass is 10.2. The van der Waals surface area contributed by atoms with Crippen molar-refractivity contribution in [1.82, 2.24) is 0 Å². The van der Waals surface area contributed by atoms with Crippen molar-refractivity contribution >= 4 is 20.9 Å². The molecule has 0 aliphatic heterocycles. The molecule has 0 saturated carbocycles. The first-order chi connectivity index (χ1) is 6.16. The molecule has 0 saturated heterocycles. The quantitative estimate of drug-likeness (QED) is 0.392. The van der Waals surface area contributed by atoms with Crippen molar-refractivity contribution in [2.75, 3.05) is 0 Å². The van der Waals surface area contributed by atoms with E-state index in [1.54, 1.807) is 0 Å². The molecule has 0 spiro atoms. The lowest BCUT2D eigenvalue weighted by Gasteiger charge is -1.98. The first-order valence-electron chi connectivity index (χ1n) is 3.62. The molecule has 2 aromatic rings. The SMILES string of the molecule is O=c1ccc2cc(O)c(O)cc2o1.P. The zero-order valence-electron chi connectivity index (χ0n) is 7.23. The molecule has 74 valence electrons. The number of benzene rings is 1. The summed E-state index contributed by atoms with van der Waals surface area (Å²) in [5, 5.41) is 18.8. The maximum atomic E-state index is 10.8. The Morgan fingerprint density at radius 3 is 2.43 bits per heavy atom. The van der Waals surface area contributed by atoms with Gasteiger partial charge in [-0.15, -0.1) is 0 Å². The summed E-state index contributed by atoms with van der Waals surface area (Å²) in [5.41, 5.74) is -0.236. The maximum absolute atomic E-state index is 10.8. The normalized spacial score (nSPS) is 9.71. The Morgan fingerprint density at radius 1 is 1.07 bits per heavy atom. The average Bonchev–Trinajstić information content (AvgIpc) is 2.08. The summed E-state index contributed by atoms with van der Waals surface area (Å²) in [6, 6.07) is 5.29. The molecule has 1 unspecified atom stereocenters. The van der Waals surface area contributed by atoms with Crippen LogP contribution in [0.1, 0.15) is 0 Å². The lowest BCUT2D eigenvalue weighted by molar-refractivity contribution is 0.403. The van der Waals surface area contributed by atoms with Gasteiger partial charge < -0.3 is 14.6 Å². The van der Waals surface area contributed by atoms with Gasteiger partial charge in [0.1, 0.15) is 5.58 Å². The largest absolute Gasteiger partial charge is 0.504 e. The van der Waals surface area contributed by atoms with Gasteiger partial charge in [0.25, 0.3) is 0 Å². The molecule has 14 heavy (non-hydrogen) atoms. The van der Waals surface area contributed by atoms with Crippen LogP contribution in [0.25, 0.3) is 11.0 Å². The van der Waals surface area contributed by atoms with Crippen molar-refractivity contribution in [3.05, 3.63) is 34.7 Å². The molecule has 1 aromatic carbocycles. The van der Waals surface area contributed by atoms with E-state index in [1.165, 1.54) is 24.3 Å². The third-order valence-electron chi connectivity index (χ3n) is 1.72. The van der Waals surface area contributed by atoms with E-state index in [-0.39, 0.29) is 27.0 Å². The van der Waals surface area contributed by atoms with Crippen LogP contribution in [-0.4, -0.2) is 10.2 Å². The maximum Gasteiger partial charge on any atom is 0.336 e. The molecule has 1 aromatic heterocycles. The molecule has 5 heteroatoms. The second-order valence-electron chi connectivity index (χ2n) is 2.63. The highest BCUT2D eigenvalue weighted by Crippen LogP contribution is 2.28. The van der Waals surface area contributed by atoms with Gasteiger partial charge in [-0.25, -0.2) is 4.79 Å². The van der Waals surface area contributed by atoms with Crippen LogP contribution in [0.2, 0.25) is 0 Å². The molecular weight excluding hydrogens is 203 g/mol. The first kappa shape index (κ1) is 10.5. The van der Waals surface area contributed by atoms with Gasteiger partial charge in [-0.1, -0.05) is 0 Å². The second-order valence-corrected chi connectivity index (χ2v) is 2.63. The number of phenols is 2. The molecule has 4 nitrogen and oxygen atoms in total. The van der Waals surface area contributed by atoms with Crippen molar-refractivity contribution in [3.63, 3.8) is 0 Å². The fraction of sp³-hybridized carbons (Fsp3) is 0. The monoisotopic (exact) mass is 212 g/mol. The van der Waals surface area contributed by atoms with Crippen LogP contribution in [0.5, 0.6) is 11.5 Å². The topological polar surface area (TPSA) is 70.7 Å². The Bertz CT molecular complexity index is 518.